The Bertz CT molecular complexity index is 1040. The molecule has 2 aliphatic heterocycles. The number of nitrogens with zero attached hydrogens (tertiary/aromatic N) is 2. The van der Waals surface area contributed by atoms with E-state index in [1.165, 1.54) is 12.8 Å². The smallest absolute Gasteiger partial charge is 0.136 e. The molecule has 4 unspecified atom stereocenters. The van der Waals surface area contributed by atoms with Crippen molar-refractivity contribution in [2.24, 2.45) is 0 Å². The number of piperidine rings is 2. The Morgan fingerprint density at radius 2 is 1.12 bits per heavy atom. The molecular formula is C33H48N2O5. The van der Waals surface area contributed by atoms with Gasteiger partial charge in [-0.25, -0.2) is 0 Å². The maximum Gasteiger partial charge on any atom is 0.136 e. The number of ether oxygens (including phenoxy) is 4. The molecule has 2 saturated heterocycles. The normalized spacial score (nSPS) is 21.9. The summed E-state index contributed by atoms with van der Waals surface area (Å²) >= 11 is 0. The van der Waals surface area contributed by atoms with Crippen LogP contribution in [0.3, 0.4) is 0 Å². The van der Waals surface area contributed by atoms with Gasteiger partial charge in [0, 0.05) is 60.3 Å². The van der Waals surface area contributed by atoms with Crippen LogP contribution >= 0.6 is 0 Å². The molecule has 4 atom stereocenters. The molecule has 220 valence electrons. The second-order valence-corrected chi connectivity index (χ2v) is 11.4. The highest BCUT2D eigenvalue weighted by Crippen LogP contribution is 2.41. The summed E-state index contributed by atoms with van der Waals surface area (Å²) in [5.74, 6) is 3.30. The molecule has 0 saturated carbocycles. The first-order valence-electron chi connectivity index (χ1n) is 14.9. The molecule has 0 aliphatic carbocycles. The highest BCUT2D eigenvalue weighted by molar-refractivity contribution is 5.80. The SMILES string of the molecule is COc1ccc(C(CC(=O)CC(c2ccc(OC)cc2OC)N2CCCCC2C)N2CCCCC2C)c(OC)c1. The van der Waals surface area contributed by atoms with Crippen LogP contribution in [0.5, 0.6) is 23.0 Å². The third kappa shape index (κ3) is 6.92. The van der Waals surface area contributed by atoms with Gasteiger partial charge in [0.1, 0.15) is 28.8 Å². The highest BCUT2D eigenvalue weighted by Gasteiger charge is 2.35. The van der Waals surface area contributed by atoms with Crippen LogP contribution in [0.2, 0.25) is 0 Å². The van der Waals surface area contributed by atoms with E-state index in [1.807, 2.05) is 24.3 Å². The van der Waals surface area contributed by atoms with Crippen LogP contribution in [0.4, 0.5) is 0 Å². The number of benzene rings is 2. The van der Waals surface area contributed by atoms with E-state index < -0.39 is 0 Å². The van der Waals surface area contributed by atoms with Crippen molar-refractivity contribution in [3.8, 4) is 23.0 Å². The minimum atomic E-state index is -0.0548. The van der Waals surface area contributed by atoms with Gasteiger partial charge in [0.25, 0.3) is 0 Å². The van der Waals surface area contributed by atoms with Gasteiger partial charge in [-0.2, -0.15) is 0 Å². The van der Waals surface area contributed by atoms with Gasteiger partial charge in [-0.15, -0.1) is 0 Å². The van der Waals surface area contributed by atoms with Crippen LogP contribution < -0.4 is 18.9 Å². The summed E-state index contributed by atoms with van der Waals surface area (Å²) < 4.78 is 22.6. The molecule has 2 heterocycles. The van der Waals surface area contributed by atoms with Crippen molar-refractivity contribution in [1.82, 2.24) is 9.80 Å². The van der Waals surface area contributed by atoms with E-state index in [9.17, 15) is 4.79 Å². The first-order valence-corrected chi connectivity index (χ1v) is 14.9. The second-order valence-electron chi connectivity index (χ2n) is 11.4. The van der Waals surface area contributed by atoms with Crippen LogP contribution in [0.25, 0.3) is 0 Å². The molecule has 0 amide bonds. The highest BCUT2D eigenvalue weighted by atomic mass is 16.5. The van der Waals surface area contributed by atoms with Crippen molar-refractivity contribution >= 4 is 5.78 Å². The number of rotatable bonds is 12. The topological polar surface area (TPSA) is 60.5 Å². The zero-order chi connectivity index (χ0) is 28.6. The summed E-state index contributed by atoms with van der Waals surface area (Å²) in [4.78, 5) is 19.2. The molecule has 0 spiro atoms. The van der Waals surface area contributed by atoms with Gasteiger partial charge < -0.3 is 18.9 Å². The lowest BCUT2D eigenvalue weighted by molar-refractivity contribution is -0.122. The molecule has 4 rings (SSSR count). The number of methoxy groups -OCH3 is 4. The van der Waals surface area contributed by atoms with E-state index in [1.54, 1.807) is 28.4 Å². The average molecular weight is 553 g/mol. The summed E-state index contributed by atoms with van der Waals surface area (Å²) in [6.07, 6.45) is 7.89. The number of hydrogen-bond donors (Lipinski definition) is 0. The largest absolute Gasteiger partial charge is 0.497 e. The predicted octanol–water partition coefficient (Wildman–Crippen LogP) is 6.60. The van der Waals surface area contributed by atoms with Crippen molar-refractivity contribution in [2.75, 3.05) is 41.5 Å². The van der Waals surface area contributed by atoms with Gasteiger partial charge in [-0.3, -0.25) is 14.6 Å². The van der Waals surface area contributed by atoms with E-state index in [-0.39, 0.29) is 17.9 Å². The van der Waals surface area contributed by atoms with Gasteiger partial charge in [-0.1, -0.05) is 25.0 Å². The standard InChI is InChI=1S/C33H48N2O5/c1-23-11-7-9-17-34(23)30(28-15-13-26(37-3)21-32(28)39-5)19-25(36)20-31(35-18-10-8-12-24(35)2)29-16-14-27(38-4)22-33(29)40-6/h13-16,21-24,30-31H,7-12,17-20H2,1-6H3. The lowest BCUT2D eigenvalue weighted by Gasteiger charge is -2.42. The number of carbonyl (C=O) groups is 1. The van der Waals surface area contributed by atoms with Crippen LogP contribution in [0.1, 0.15) is 88.4 Å². The molecule has 7 heteroatoms. The summed E-state index contributed by atoms with van der Waals surface area (Å²) in [5, 5.41) is 0. The number of Topliss-reactive ketones (excluding diaryl/α,β-unsaturated/α-hetero) is 1. The maximum absolute atomic E-state index is 14.2. The Kier molecular flexibility index (Phi) is 10.7. The molecule has 2 aromatic carbocycles. The molecule has 2 aromatic rings. The summed E-state index contributed by atoms with van der Waals surface area (Å²) in [7, 11) is 6.72. The van der Waals surface area contributed by atoms with Crippen LogP contribution in [-0.2, 0) is 4.79 Å². The van der Waals surface area contributed by atoms with Gasteiger partial charge in [0.15, 0.2) is 0 Å². The quantitative estimate of drug-likeness (QED) is 0.294. The fraction of sp³-hybridized carbons (Fsp3) is 0.606. The lowest BCUT2D eigenvalue weighted by atomic mass is 9.89. The van der Waals surface area contributed by atoms with E-state index >= 15 is 0 Å². The van der Waals surface area contributed by atoms with Gasteiger partial charge in [-0.05, 0) is 64.8 Å². The third-order valence-electron chi connectivity index (χ3n) is 8.95. The first kappa shape index (κ1) is 30.2. The van der Waals surface area contributed by atoms with E-state index in [0.29, 0.717) is 24.9 Å². The predicted molar refractivity (Wildman–Crippen MR) is 159 cm³/mol. The average Bonchev–Trinajstić information content (AvgIpc) is 2.99. The van der Waals surface area contributed by atoms with E-state index in [2.05, 4.69) is 35.8 Å². The number of carbonyl (C=O) groups excluding carboxylic acids is 1. The Balaban J connectivity index is 1.67. The van der Waals surface area contributed by atoms with Crippen molar-refractivity contribution in [3.05, 3.63) is 47.5 Å². The van der Waals surface area contributed by atoms with E-state index in [4.69, 9.17) is 18.9 Å². The zero-order valence-corrected chi connectivity index (χ0v) is 25.3. The van der Waals surface area contributed by atoms with Crippen LogP contribution in [0.15, 0.2) is 36.4 Å². The Labute approximate surface area is 240 Å². The minimum Gasteiger partial charge on any atom is -0.497 e. The molecule has 0 N–H and O–H groups in total. The Hall–Kier alpha value is -2.77. The lowest BCUT2D eigenvalue weighted by Crippen LogP contribution is -2.43. The van der Waals surface area contributed by atoms with Crippen molar-refractivity contribution in [2.45, 2.75) is 89.4 Å². The molecule has 0 bridgehead atoms. The molecule has 7 nitrogen and oxygen atoms in total. The molecular weight excluding hydrogens is 504 g/mol. The fourth-order valence-corrected chi connectivity index (χ4v) is 6.68. The fourth-order valence-electron chi connectivity index (χ4n) is 6.68. The van der Waals surface area contributed by atoms with Crippen molar-refractivity contribution < 1.29 is 23.7 Å². The van der Waals surface area contributed by atoms with Crippen molar-refractivity contribution in [1.29, 1.82) is 0 Å². The number of hydrogen-bond acceptors (Lipinski definition) is 7. The molecule has 40 heavy (non-hydrogen) atoms. The van der Waals surface area contributed by atoms with Gasteiger partial charge in [0.2, 0.25) is 0 Å². The van der Waals surface area contributed by atoms with E-state index in [0.717, 1.165) is 72.9 Å². The second kappa shape index (κ2) is 14.2. The van der Waals surface area contributed by atoms with Crippen molar-refractivity contribution in [3.63, 3.8) is 0 Å². The minimum absolute atomic E-state index is 0.0548. The van der Waals surface area contributed by atoms with Crippen LogP contribution in [-0.4, -0.2) is 69.2 Å². The van der Waals surface area contributed by atoms with Gasteiger partial charge in [0.05, 0.1) is 28.4 Å². The third-order valence-corrected chi connectivity index (χ3v) is 8.95. The maximum atomic E-state index is 14.2. The summed E-state index contributed by atoms with van der Waals surface area (Å²) in [6, 6.07) is 12.7. The Morgan fingerprint density at radius 1 is 0.700 bits per heavy atom. The van der Waals surface area contributed by atoms with Gasteiger partial charge >= 0.3 is 0 Å². The van der Waals surface area contributed by atoms with Crippen LogP contribution in [0, 0.1) is 0 Å². The monoisotopic (exact) mass is 552 g/mol. The number of likely N-dealkylation sites (tertiary alicyclic amines) is 2. The first-order chi connectivity index (χ1) is 19.4. The summed E-state index contributed by atoms with van der Waals surface area (Å²) in [5.41, 5.74) is 2.10. The molecule has 0 radical (unpaired) electrons. The Morgan fingerprint density at radius 3 is 1.48 bits per heavy atom. The molecule has 2 aliphatic rings. The molecule has 0 aromatic heterocycles. The molecule has 2 fully saturated rings. The zero-order valence-electron chi connectivity index (χ0n) is 25.3. The summed E-state index contributed by atoms with van der Waals surface area (Å²) in [6.45, 7) is 6.53. The number of ketones is 1.